The van der Waals surface area contributed by atoms with E-state index in [9.17, 15) is 9.59 Å². The fourth-order valence-corrected chi connectivity index (χ4v) is 2.13. The molecule has 1 fully saturated rings. The molecule has 7 nitrogen and oxygen atoms in total. The highest BCUT2D eigenvalue weighted by Gasteiger charge is 2.44. The summed E-state index contributed by atoms with van der Waals surface area (Å²) in [5.74, 6) is 0.301. The highest BCUT2D eigenvalue weighted by Crippen LogP contribution is 2.23. The first kappa shape index (κ1) is 12.5. The van der Waals surface area contributed by atoms with E-state index < -0.39 is 5.54 Å². The molecule has 1 saturated heterocycles. The van der Waals surface area contributed by atoms with Crippen LogP contribution in [-0.2, 0) is 4.79 Å². The van der Waals surface area contributed by atoms with Gasteiger partial charge in [0.25, 0.3) is 5.91 Å². The third-order valence-corrected chi connectivity index (χ3v) is 3.24. The van der Waals surface area contributed by atoms with Crippen LogP contribution >= 0.6 is 0 Å². The zero-order valence-electron chi connectivity index (χ0n) is 11.0. The lowest BCUT2D eigenvalue weighted by Gasteiger charge is -2.44. The Kier molecular flexibility index (Phi) is 2.84. The molecule has 98 valence electrons. The highest BCUT2D eigenvalue weighted by molar-refractivity contribution is 5.97. The first-order chi connectivity index (χ1) is 8.34. The number of nitrogens with one attached hydrogen (secondary N) is 1. The van der Waals surface area contributed by atoms with E-state index in [4.69, 9.17) is 0 Å². The second-order valence-corrected chi connectivity index (χ2v) is 4.99. The number of amides is 2. The monoisotopic (exact) mass is 251 g/mol. The standard InChI is InChI=1S/C11H17N5O2/c1-7-12-8(14-13-7)9(17)16-6-5-15(4)10(18)11(16,2)3/h5-6H2,1-4H3,(H,12,13,14). The van der Waals surface area contributed by atoms with Gasteiger partial charge in [0.05, 0.1) is 0 Å². The van der Waals surface area contributed by atoms with Crippen molar-refractivity contribution in [1.29, 1.82) is 0 Å². The molecule has 1 aliphatic rings. The van der Waals surface area contributed by atoms with Gasteiger partial charge in [-0.25, -0.2) is 4.98 Å². The topological polar surface area (TPSA) is 82.2 Å². The molecule has 0 radical (unpaired) electrons. The van der Waals surface area contributed by atoms with Gasteiger partial charge in [-0.3, -0.25) is 14.7 Å². The summed E-state index contributed by atoms with van der Waals surface area (Å²) in [6.07, 6.45) is 0. The van der Waals surface area contributed by atoms with Gasteiger partial charge in [-0.15, -0.1) is 5.10 Å². The minimum Gasteiger partial charge on any atom is -0.342 e. The van der Waals surface area contributed by atoms with E-state index in [0.717, 1.165) is 0 Å². The maximum atomic E-state index is 12.3. The van der Waals surface area contributed by atoms with Gasteiger partial charge in [0.2, 0.25) is 11.7 Å². The Bertz CT molecular complexity index is 493. The number of rotatable bonds is 1. The van der Waals surface area contributed by atoms with Crippen LogP contribution in [0.4, 0.5) is 0 Å². The molecule has 1 aliphatic heterocycles. The minimum atomic E-state index is -0.862. The molecule has 1 aromatic heterocycles. The van der Waals surface area contributed by atoms with Crippen molar-refractivity contribution in [3.63, 3.8) is 0 Å². The fraction of sp³-hybridized carbons (Fsp3) is 0.636. The summed E-state index contributed by atoms with van der Waals surface area (Å²) in [4.78, 5) is 31.5. The lowest BCUT2D eigenvalue weighted by molar-refractivity contribution is -0.144. The number of aromatic amines is 1. The number of nitrogens with zero attached hydrogens (tertiary/aromatic N) is 4. The molecule has 0 atom stereocenters. The number of likely N-dealkylation sites (N-methyl/N-ethyl adjacent to an activating group) is 1. The van der Waals surface area contributed by atoms with E-state index >= 15 is 0 Å². The van der Waals surface area contributed by atoms with Crippen molar-refractivity contribution in [3.05, 3.63) is 11.6 Å². The summed E-state index contributed by atoms with van der Waals surface area (Å²) in [6.45, 7) is 6.22. The highest BCUT2D eigenvalue weighted by atomic mass is 16.2. The molecular weight excluding hydrogens is 234 g/mol. The van der Waals surface area contributed by atoms with Gasteiger partial charge >= 0.3 is 0 Å². The Morgan fingerprint density at radius 3 is 2.61 bits per heavy atom. The normalized spacial score (nSPS) is 19.2. The number of carbonyl (C=O) groups excluding carboxylic acids is 2. The molecule has 2 heterocycles. The SMILES string of the molecule is Cc1nc(C(=O)N2CCN(C)C(=O)C2(C)C)n[nH]1. The molecule has 7 heteroatoms. The van der Waals surface area contributed by atoms with Crippen LogP contribution in [0.5, 0.6) is 0 Å². The Hall–Kier alpha value is -1.92. The molecule has 2 rings (SSSR count). The van der Waals surface area contributed by atoms with Crippen molar-refractivity contribution in [2.75, 3.05) is 20.1 Å². The van der Waals surface area contributed by atoms with Gasteiger partial charge < -0.3 is 9.80 Å². The molecule has 0 spiro atoms. The van der Waals surface area contributed by atoms with E-state index in [-0.39, 0.29) is 17.6 Å². The number of H-pyrrole nitrogens is 1. The third kappa shape index (κ3) is 1.85. The van der Waals surface area contributed by atoms with Crippen molar-refractivity contribution in [3.8, 4) is 0 Å². The predicted octanol–water partition coefficient (Wildman–Crippen LogP) is -0.194. The van der Waals surface area contributed by atoms with Crippen LogP contribution in [0.2, 0.25) is 0 Å². The lowest BCUT2D eigenvalue weighted by atomic mass is 9.97. The Labute approximate surface area is 105 Å². The summed E-state index contributed by atoms with van der Waals surface area (Å²) < 4.78 is 0. The summed E-state index contributed by atoms with van der Waals surface area (Å²) in [5, 5.41) is 6.48. The van der Waals surface area contributed by atoms with Gasteiger partial charge in [-0.2, -0.15) is 0 Å². The van der Waals surface area contributed by atoms with Crippen LogP contribution < -0.4 is 0 Å². The Morgan fingerprint density at radius 2 is 2.06 bits per heavy atom. The Balaban J connectivity index is 2.28. The van der Waals surface area contributed by atoms with Crippen LogP contribution in [0.1, 0.15) is 30.3 Å². The van der Waals surface area contributed by atoms with Crippen LogP contribution in [0, 0.1) is 6.92 Å². The maximum absolute atomic E-state index is 12.3. The van der Waals surface area contributed by atoms with E-state index in [0.29, 0.717) is 18.9 Å². The molecule has 0 unspecified atom stereocenters. The quantitative estimate of drug-likeness (QED) is 0.749. The number of hydrogen-bond donors (Lipinski definition) is 1. The fourth-order valence-electron chi connectivity index (χ4n) is 2.13. The van der Waals surface area contributed by atoms with Gasteiger partial charge in [-0.1, -0.05) is 0 Å². The molecule has 0 bridgehead atoms. The lowest BCUT2D eigenvalue weighted by Crippen LogP contribution is -2.63. The number of aryl methyl sites for hydroxylation is 1. The van der Waals surface area contributed by atoms with Crippen LogP contribution in [-0.4, -0.2) is 62.5 Å². The molecule has 1 N–H and O–H groups in total. The zero-order chi connectivity index (χ0) is 13.5. The van der Waals surface area contributed by atoms with Crippen molar-refractivity contribution in [2.45, 2.75) is 26.3 Å². The van der Waals surface area contributed by atoms with Gasteiger partial charge in [0, 0.05) is 20.1 Å². The minimum absolute atomic E-state index is 0.0747. The van der Waals surface area contributed by atoms with Gasteiger partial charge in [0.1, 0.15) is 11.4 Å². The van der Waals surface area contributed by atoms with E-state index in [1.807, 2.05) is 0 Å². The number of aromatic nitrogens is 3. The molecule has 2 amide bonds. The number of piperazine rings is 1. The number of hydrogen-bond acceptors (Lipinski definition) is 4. The maximum Gasteiger partial charge on any atom is 0.294 e. The smallest absolute Gasteiger partial charge is 0.294 e. The molecule has 1 aromatic rings. The van der Waals surface area contributed by atoms with Crippen molar-refractivity contribution in [1.82, 2.24) is 25.0 Å². The summed E-state index contributed by atoms with van der Waals surface area (Å²) in [7, 11) is 1.74. The second-order valence-electron chi connectivity index (χ2n) is 4.99. The summed E-state index contributed by atoms with van der Waals surface area (Å²) in [6, 6.07) is 0. The van der Waals surface area contributed by atoms with E-state index in [1.165, 1.54) is 4.90 Å². The van der Waals surface area contributed by atoms with Crippen LogP contribution in [0.25, 0.3) is 0 Å². The van der Waals surface area contributed by atoms with Crippen molar-refractivity contribution < 1.29 is 9.59 Å². The predicted molar refractivity (Wildman–Crippen MR) is 63.9 cm³/mol. The van der Waals surface area contributed by atoms with Crippen LogP contribution in [0.15, 0.2) is 0 Å². The van der Waals surface area contributed by atoms with Crippen LogP contribution in [0.3, 0.4) is 0 Å². The average molecular weight is 251 g/mol. The van der Waals surface area contributed by atoms with Gasteiger partial charge in [-0.05, 0) is 20.8 Å². The zero-order valence-corrected chi connectivity index (χ0v) is 11.0. The Morgan fingerprint density at radius 1 is 1.39 bits per heavy atom. The summed E-state index contributed by atoms with van der Waals surface area (Å²) >= 11 is 0. The van der Waals surface area contributed by atoms with Gasteiger partial charge in [0.15, 0.2) is 0 Å². The number of carbonyl (C=O) groups is 2. The average Bonchev–Trinajstić information content (AvgIpc) is 2.72. The molecule has 0 saturated carbocycles. The molecule has 18 heavy (non-hydrogen) atoms. The first-order valence-electron chi connectivity index (χ1n) is 5.80. The van der Waals surface area contributed by atoms with E-state index in [1.54, 1.807) is 32.7 Å². The molecular formula is C11H17N5O2. The molecule has 0 aromatic carbocycles. The first-order valence-corrected chi connectivity index (χ1v) is 5.80. The second kappa shape index (κ2) is 4.08. The van der Waals surface area contributed by atoms with E-state index in [2.05, 4.69) is 15.2 Å². The summed E-state index contributed by atoms with van der Waals surface area (Å²) in [5.41, 5.74) is -0.862. The van der Waals surface area contributed by atoms with Crippen molar-refractivity contribution in [2.24, 2.45) is 0 Å². The molecule has 0 aliphatic carbocycles. The largest absolute Gasteiger partial charge is 0.342 e. The third-order valence-electron chi connectivity index (χ3n) is 3.24. The van der Waals surface area contributed by atoms with Crippen molar-refractivity contribution >= 4 is 11.8 Å².